The second-order valence-electron chi connectivity index (χ2n) is 5.23. The molecule has 0 saturated heterocycles. The molecule has 4 heteroatoms. The summed E-state index contributed by atoms with van der Waals surface area (Å²) in [6, 6.07) is 9.48. The van der Waals surface area contributed by atoms with Crippen LogP contribution in [-0.2, 0) is 4.79 Å². The Hall–Kier alpha value is -2.02. The zero-order chi connectivity index (χ0) is 14.4. The maximum atomic E-state index is 12.3. The number of benzene rings is 1. The van der Waals surface area contributed by atoms with Crippen molar-refractivity contribution in [2.45, 2.75) is 39.0 Å². The highest BCUT2D eigenvalue weighted by molar-refractivity contribution is 5.97. The average Bonchev–Trinajstić information content (AvgIpc) is 2.97. The molecule has 106 valence electrons. The third-order valence-corrected chi connectivity index (χ3v) is 3.69. The lowest BCUT2D eigenvalue weighted by molar-refractivity contribution is -0.122. The predicted octanol–water partition coefficient (Wildman–Crippen LogP) is 3.50. The molecule has 0 heterocycles. The van der Waals surface area contributed by atoms with Crippen molar-refractivity contribution in [3.63, 3.8) is 0 Å². The van der Waals surface area contributed by atoms with E-state index in [0.717, 1.165) is 25.0 Å². The van der Waals surface area contributed by atoms with E-state index < -0.39 is 5.41 Å². The zero-order valence-electron chi connectivity index (χ0n) is 11.8. The minimum Gasteiger partial charge on any atom is -0.494 e. The molecular formula is C16H20N2O2. The molecule has 0 atom stereocenters. The van der Waals surface area contributed by atoms with Crippen LogP contribution >= 0.6 is 0 Å². The largest absolute Gasteiger partial charge is 0.494 e. The van der Waals surface area contributed by atoms with Crippen LogP contribution in [0.5, 0.6) is 5.75 Å². The summed E-state index contributed by atoms with van der Waals surface area (Å²) in [6.07, 6.45) is 4.18. The maximum Gasteiger partial charge on any atom is 0.244 e. The Morgan fingerprint density at radius 1 is 1.35 bits per heavy atom. The van der Waals surface area contributed by atoms with Crippen LogP contribution in [0.3, 0.4) is 0 Å². The monoisotopic (exact) mass is 272 g/mol. The fraction of sp³-hybridized carbons (Fsp3) is 0.500. The van der Waals surface area contributed by atoms with E-state index >= 15 is 0 Å². The minimum absolute atomic E-state index is 0.181. The standard InChI is InChI=1S/C16H20N2O2/c1-2-11-20-14-7-5-13(6-8-14)18-15(19)16(12-17)9-3-4-10-16/h5-8H,2-4,9-11H2,1H3,(H,18,19). The van der Waals surface area contributed by atoms with Crippen molar-refractivity contribution in [2.24, 2.45) is 5.41 Å². The first-order chi connectivity index (χ1) is 9.70. The number of carbonyl (C=O) groups is 1. The number of rotatable bonds is 5. The number of nitrogens with zero attached hydrogens (tertiary/aromatic N) is 1. The van der Waals surface area contributed by atoms with Crippen molar-refractivity contribution in [3.8, 4) is 11.8 Å². The molecule has 20 heavy (non-hydrogen) atoms. The van der Waals surface area contributed by atoms with Crippen LogP contribution in [0.1, 0.15) is 39.0 Å². The van der Waals surface area contributed by atoms with Gasteiger partial charge in [0.05, 0.1) is 12.7 Å². The van der Waals surface area contributed by atoms with E-state index in [9.17, 15) is 10.1 Å². The Balaban J connectivity index is 1.99. The van der Waals surface area contributed by atoms with Crippen molar-refractivity contribution < 1.29 is 9.53 Å². The van der Waals surface area contributed by atoms with Gasteiger partial charge in [0.2, 0.25) is 5.91 Å². The van der Waals surface area contributed by atoms with Gasteiger partial charge in [0.15, 0.2) is 0 Å². The third kappa shape index (κ3) is 3.11. The Morgan fingerprint density at radius 2 is 2.00 bits per heavy atom. The molecule has 0 spiro atoms. The van der Waals surface area contributed by atoms with Crippen LogP contribution in [-0.4, -0.2) is 12.5 Å². The topological polar surface area (TPSA) is 62.1 Å². The summed E-state index contributed by atoms with van der Waals surface area (Å²) < 4.78 is 5.49. The number of nitrogens with one attached hydrogen (secondary N) is 1. The summed E-state index contributed by atoms with van der Waals surface area (Å²) in [5.74, 6) is 0.612. The first-order valence-corrected chi connectivity index (χ1v) is 7.16. The number of ether oxygens (including phenoxy) is 1. The summed E-state index contributed by atoms with van der Waals surface area (Å²) in [5, 5.41) is 12.1. The number of anilines is 1. The van der Waals surface area contributed by atoms with Crippen LogP contribution in [0, 0.1) is 16.7 Å². The van der Waals surface area contributed by atoms with Crippen LogP contribution < -0.4 is 10.1 Å². The lowest BCUT2D eigenvalue weighted by Crippen LogP contribution is -2.32. The molecular weight excluding hydrogens is 252 g/mol. The van der Waals surface area contributed by atoms with Crippen LogP contribution in [0.25, 0.3) is 0 Å². The van der Waals surface area contributed by atoms with Crippen molar-refractivity contribution in [1.82, 2.24) is 0 Å². The van der Waals surface area contributed by atoms with Gasteiger partial charge >= 0.3 is 0 Å². The third-order valence-electron chi connectivity index (χ3n) is 3.69. The lowest BCUT2D eigenvalue weighted by atomic mass is 9.87. The van der Waals surface area contributed by atoms with E-state index in [2.05, 4.69) is 18.3 Å². The molecule has 0 radical (unpaired) electrons. The summed E-state index contributed by atoms with van der Waals surface area (Å²) in [6.45, 7) is 2.74. The first-order valence-electron chi connectivity index (χ1n) is 7.16. The molecule has 1 N–H and O–H groups in total. The van der Waals surface area contributed by atoms with E-state index in [1.54, 1.807) is 0 Å². The highest BCUT2D eigenvalue weighted by Crippen LogP contribution is 2.38. The van der Waals surface area contributed by atoms with Gasteiger partial charge in [-0.25, -0.2) is 0 Å². The Morgan fingerprint density at radius 3 is 2.55 bits per heavy atom. The normalized spacial score (nSPS) is 16.4. The quantitative estimate of drug-likeness (QED) is 0.892. The van der Waals surface area contributed by atoms with Crippen molar-refractivity contribution in [2.75, 3.05) is 11.9 Å². The summed E-state index contributed by atoms with van der Waals surface area (Å²) >= 11 is 0. The van der Waals surface area contributed by atoms with Gasteiger partial charge in [0, 0.05) is 5.69 Å². The number of carbonyl (C=O) groups excluding carboxylic acids is 1. The Bertz CT molecular complexity index is 496. The summed E-state index contributed by atoms with van der Waals surface area (Å²) in [5.41, 5.74) is -0.127. The lowest BCUT2D eigenvalue weighted by Gasteiger charge is -2.19. The molecule has 0 bridgehead atoms. The molecule has 1 saturated carbocycles. The molecule has 1 amide bonds. The smallest absolute Gasteiger partial charge is 0.244 e. The Kier molecular flexibility index (Phi) is 4.62. The highest BCUT2D eigenvalue weighted by Gasteiger charge is 2.41. The number of nitriles is 1. The van der Waals surface area contributed by atoms with E-state index in [-0.39, 0.29) is 5.91 Å². The fourth-order valence-electron chi connectivity index (χ4n) is 2.47. The second kappa shape index (κ2) is 6.42. The van der Waals surface area contributed by atoms with Gasteiger partial charge in [-0.2, -0.15) is 5.26 Å². The van der Waals surface area contributed by atoms with Gasteiger partial charge in [-0.3, -0.25) is 4.79 Å². The summed E-state index contributed by atoms with van der Waals surface area (Å²) in [4.78, 5) is 12.3. The van der Waals surface area contributed by atoms with E-state index in [1.807, 2.05) is 24.3 Å². The average molecular weight is 272 g/mol. The van der Waals surface area contributed by atoms with Crippen molar-refractivity contribution in [3.05, 3.63) is 24.3 Å². The molecule has 4 nitrogen and oxygen atoms in total. The van der Waals surface area contributed by atoms with Gasteiger partial charge in [-0.05, 0) is 43.5 Å². The molecule has 1 fully saturated rings. The van der Waals surface area contributed by atoms with Gasteiger partial charge < -0.3 is 10.1 Å². The van der Waals surface area contributed by atoms with Crippen LogP contribution in [0.4, 0.5) is 5.69 Å². The molecule has 1 aliphatic carbocycles. The minimum atomic E-state index is -0.836. The van der Waals surface area contributed by atoms with Crippen LogP contribution in [0.15, 0.2) is 24.3 Å². The van der Waals surface area contributed by atoms with Gasteiger partial charge in [-0.15, -0.1) is 0 Å². The van der Waals surface area contributed by atoms with Crippen LogP contribution in [0.2, 0.25) is 0 Å². The van der Waals surface area contributed by atoms with Gasteiger partial charge in [-0.1, -0.05) is 19.8 Å². The number of hydrogen-bond acceptors (Lipinski definition) is 3. The fourth-order valence-corrected chi connectivity index (χ4v) is 2.47. The Labute approximate surface area is 119 Å². The molecule has 0 unspecified atom stereocenters. The SMILES string of the molecule is CCCOc1ccc(NC(=O)C2(C#N)CCCC2)cc1. The summed E-state index contributed by atoms with van der Waals surface area (Å²) in [7, 11) is 0. The van der Waals surface area contributed by atoms with Gasteiger partial charge in [0.25, 0.3) is 0 Å². The maximum absolute atomic E-state index is 12.3. The molecule has 0 aromatic heterocycles. The molecule has 1 aliphatic rings. The van der Waals surface area contributed by atoms with Crippen molar-refractivity contribution in [1.29, 1.82) is 5.26 Å². The van der Waals surface area contributed by atoms with E-state index in [4.69, 9.17) is 4.74 Å². The number of amides is 1. The molecule has 1 aromatic rings. The van der Waals surface area contributed by atoms with Gasteiger partial charge in [0.1, 0.15) is 11.2 Å². The van der Waals surface area contributed by atoms with E-state index in [0.29, 0.717) is 25.1 Å². The van der Waals surface area contributed by atoms with Crippen molar-refractivity contribution >= 4 is 11.6 Å². The predicted molar refractivity (Wildman–Crippen MR) is 77.4 cm³/mol. The number of hydrogen-bond donors (Lipinski definition) is 1. The van der Waals surface area contributed by atoms with E-state index in [1.165, 1.54) is 0 Å². The molecule has 0 aliphatic heterocycles. The highest BCUT2D eigenvalue weighted by atomic mass is 16.5. The second-order valence-corrected chi connectivity index (χ2v) is 5.23. The zero-order valence-corrected chi connectivity index (χ0v) is 11.8. The first kappa shape index (κ1) is 14.4. The molecule has 2 rings (SSSR count). The molecule has 1 aromatic carbocycles.